The SMILES string of the molecule is CC(OCc1ccccc1)C(NC1CN(C(=O)OC(C)(C)C)C2(CNC2=O)C1)C(=O)OCc1ccccc1. The minimum atomic E-state index is -0.993. The van der Waals surface area contributed by atoms with Gasteiger partial charge in [0, 0.05) is 12.6 Å². The molecule has 38 heavy (non-hydrogen) atoms. The first kappa shape index (κ1) is 27.6. The van der Waals surface area contributed by atoms with E-state index >= 15 is 0 Å². The van der Waals surface area contributed by atoms with E-state index in [9.17, 15) is 14.4 Å². The van der Waals surface area contributed by atoms with Gasteiger partial charge in [0.2, 0.25) is 5.91 Å². The summed E-state index contributed by atoms with van der Waals surface area (Å²) in [4.78, 5) is 40.5. The van der Waals surface area contributed by atoms with Crippen LogP contribution in [0.2, 0.25) is 0 Å². The molecule has 2 N–H and O–H groups in total. The molecule has 0 saturated carbocycles. The van der Waals surface area contributed by atoms with E-state index in [4.69, 9.17) is 14.2 Å². The Morgan fingerprint density at radius 2 is 1.66 bits per heavy atom. The molecule has 2 fully saturated rings. The summed E-state index contributed by atoms with van der Waals surface area (Å²) in [6, 6.07) is 18.0. The first-order valence-corrected chi connectivity index (χ1v) is 13.0. The number of esters is 1. The summed E-state index contributed by atoms with van der Waals surface area (Å²) in [6.45, 7) is 8.19. The van der Waals surface area contributed by atoms with Gasteiger partial charge in [-0.3, -0.25) is 19.8 Å². The number of benzene rings is 2. The molecule has 2 aromatic rings. The molecule has 2 aliphatic rings. The highest BCUT2D eigenvalue weighted by molar-refractivity contribution is 5.96. The van der Waals surface area contributed by atoms with Gasteiger partial charge in [0.1, 0.15) is 23.8 Å². The van der Waals surface area contributed by atoms with Gasteiger partial charge in [0.15, 0.2) is 0 Å². The Morgan fingerprint density at radius 3 is 2.18 bits per heavy atom. The molecule has 9 heteroatoms. The molecule has 4 unspecified atom stereocenters. The topological polar surface area (TPSA) is 106 Å². The highest BCUT2D eigenvalue weighted by Crippen LogP contribution is 2.35. The highest BCUT2D eigenvalue weighted by atomic mass is 16.6. The van der Waals surface area contributed by atoms with Crippen LogP contribution >= 0.6 is 0 Å². The summed E-state index contributed by atoms with van der Waals surface area (Å²) >= 11 is 0. The maximum atomic E-state index is 13.3. The molecule has 9 nitrogen and oxygen atoms in total. The summed E-state index contributed by atoms with van der Waals surface area (Å²) < 4.78 is 17.3. The molecular weight excluding hydrogens is 486 g/mol. The molecule has 2 saturated heterocycles. The highest BCUT2D eigenvalue weighted by Gasteiger charge is 2.59. The van der Waals surface area contributed by atoms with Gasteiger partial charge in [0.25, 0.3) is 0 Å². The van der Waals surface area contributed by atoms with Gasteiger partial charge in [0.05, 0.1) is 19.3 Å². The van der Waals surface area contributed by atoms with Crippen LogP contribution in [0.4, 0.5) is 4.79 Å². The van der Waals surface area contributed by atoms with Crippen molar-refractivity contribution in [1.82, 2.24) is 15.5 Å². The first-order valence-electron chi connectivity index (χ1n) is 13.0. The normalized spacial score (nSPS) is 22.4. The van der Waals surface area contributed by atoms with E-state index < -0.39 is 35.3 Å². The van der Waals surface area contributed by atoms with Gasteiger partial charge >= 0.3 is 12.1 Å². The zero-order valence-electron chi connectivity index (χ0n) is 22.4. The first-order chi connectivity index (χ1) is 18.1. The molecule has 204 valence electrons. The third kappa shape index (κ3) is 6.52. The number of rotatable bonds is 9. The molecule has 4 atom stereocenters. The van der Waals surface area contributed by atoms with E-state index in [-0.39, 0.29) is 25.1 Å². The minimum absolute atomic E-state index is 0.129. The third-order valence-corrected chi connectivity index (χ3v) is 6.80. The molecule has 2 aliphatic heterocycles. The smallest absolute Gasteiger partial charge is 0.411 e. The van der Waals surface area contributed by atoms with Gasteiger partial charge in [-0.15, -0.1) is 0 Å². The zero-order chi connectivity index (χ0) is 27.3. The lowest BCUT2D eigenvalue weighted by Gasteiger charge is -2.44. The van der Waals surface area contributed by atoms with Crippen LogP contribution in [0, 0.1) is 0 Å². The van der Waals surface area contributed by atoms with E-state index in [2.05, 4.69) is 10.6 Å². The van der Waals surface area contributed by atoms with Crippen LogP contribution in [0.1, 0.15) is 45.2 Å². The third-order valence-electron chi connectivity index (χ3n) is 6.80. The largest absolute Gasteiger partial charge is 0.460 e. The molecular formula is C29H37N3O6. The predicted octanol–water partition coefficient (Wildman–Crippen LogP) is 3.17. The summed E-state index contributed by atoms with van der Waals surface area (Å²) in [5.74, 6) is -0.679. The van der Waals surface area contributed by atoms with Crippen molar-refractivity contribution in [2.24, 2.45) is 0 Å². The summed E-state index contributed by atoms with van der Waals surface area (Å²) in [5, 5.41) is 6.10. The lowest BCUT2D eigenvalue weighted by Crippen LogP contribution is -2.71. The summed E-state index contributed by atoms with van der Waals surface area (Å²) in [7, 11) is 0. The van der Waals surface area contributed by atoms with Crippen LogP contribution in [0.15, 0.2) is 60.7 Å². The lowest BCUT2D eigenvalue weighted by molar-refractivity contribution is -0.152. The number of ether oxygens (including phenoxy) is 3. The molecule has 2 aromatic carbocycles. The Hall–Kier alpha value is -3.43. The second kappa shape index (κ2) is 11.5. The fourth-order valence-corrected chi connectivity index (χ4v) is 4.77. The molecule has 0 aromatic heterocycles. The number of likely N-dealkylation sites (tertiary alicyclic amines) is 1. The number of amides is 2. The Balaban J connectivity index is 1.48. The standard InChI is InChI=1S/C29H37N3O6/c1-20(36-17-21-11-7-5-8-12-21)24(25(33)37-18-22-13-9-6-10-14-22)31-23-15-29(19-30-26(29)34)32(16-23)27(35)38-28(2,3)4/h5-14,20,23-24,31H,15-19H2,1-4H3,(H,30,34). The molecule has 0 aliphatic carbocycles. The van der Waals surface area contributed by atoms with Crippen molar-refractivity contribution in [3.05, 3.63) is 71.8 Å². The number of carbonyl (C=O) groups excluding carboxylic acids is 3. The maximum Gasteiger partial charge on any atom is 0.411 e. The summed E-state index contributed by atoms with van der Waals surface area (Å²) in [6.07, 6.45) is -0.736. The average Bonchev–Trinajstić information content (AvgIpc) is 3.30. The van der Waals surface area contributed by atoms with Crippen molar-refractivity contribution in [3.8, 4) is 0 Å². The number of nitrogens with zero attached hydrogens (tertiary/aromatic N) is 1. The fourth-order valence-electron chi connectivity index (χ4n) is 4.77. The monoisotopic (exact) mass is 523 g/mol. The Kier molecular flexibility index (Phi) is 8.38. The second-order valence-corrected chi connectivity index (χ2v) is 10.9. The van der Waals surface area contributed by atoms with E-state index in [1.54, 1.807) is 20.8 Å². The molecule has 0 bridgehead atoms. The van der Waals surface area contributed by atoms with Crippen LogP contribution in [0.25, 0.3) is 0 Å². The van der Waals surface area contributed by atoms with Crippen molar-refractivity contribution >= 4 is 18.0 Å². The van der Waals surface area contributed by atoms with Crippen molar-refractivity contribution in [2.45, 2.75) is 76.7 Å². The van der Waals surface area contributed by atoms with E-state index in [1.807, 2.05) is 67.6 Å². The number of carbonyl (C=O) groups is 3. The summed E-state index contributed by atoms with van der Waals surface area (Å²) in [5.41, 5.74) is 0.164. The zero-order valence-corrected chi connectivity index (χ0v) is 22.4. The van der Waals surface area contributed by atoms with Crippen molar-refractivity contribution < 1.29 is 28.6 Å². The molecule has 0 radical (unpaired) electrons. The number of β-lactam (4-membered cyclic amide) rings is 1. The lowest BCUT2D eigenvalue weighted by atomic mass is 9.87. The van der Waals surface area contributed by atoms with Crippen molar-refractivity contribution in [3.63, 3.8) is 0 Å². The van der Waals surface area contributed by atoms with Crippen molar-refractivity contribution in [1.29, 1.82) is 0 Å². The van der Waals surface area contributed by atoms with Crippen LogP contribution < -0.4 is 10.6 Å². The number of nitrogens with one attached hydrogen (secondary N) is 2. The van der Waals surface area contributed by atoms with E-state index in [0.717, 1.165) is 11.1 Å². The maximum absolute atomic E-state index is 13.3. The quantitative estimate of drug-likeness (QED) is 0.384. The van der Waals surface area contributed by atoms with Gasteiger partial charge in [-0.05, 0) is 45.2 Å². The molecule has 2 amide bonds. The van der Waals surface area contributed by atoms with Crippen LogP contribution in [-0.2, 0) is 37.0 Å². The van der Waals surface area contributed by atoms with Gasteiger partial charge < -0.3 is 19.5 Å². The Labute approximate surface area is 223 Å². The fraction of sp³-hybridized carbons (Fsp3) is 0.483. The predicted molar refractivity (Wildman–Crippen MR) is 141 cm³/mol. The van der Waals surface area contributed by atoms with Gasteiger partial charge in [-0.2, -0.15) is 0 Å². The van der Waals surface area contributed by atoms with Crippen LogP contribution in [-0.4, -0.2) is 65.3 Å². The second-order valence-electron chi connectivity index (χ2n) is 10.9. The van der Waals surface area contributed by atoms with Crippen LogP contribution in [0.5, 0.6) is 0 Å². The average molecular weight is 524 g/mol. The number of hydrogen-bond donors (Lipinski definition) is 2. The van der Waals surface area contributed by atoms with Gasteiger partial charge in [-0.1, -0.05) is 60.7 Å². The Morgan fingerprint density at radius 1 is 1.05 bits per heavy atom. The van der Waals surface area contributed by atoms with Crippen molar-refractivity contribution in [2.75, 3.05) is 13.1 Å². The van der Waals surface area contributed by atoms with E-state index in [1.165, 1.54) is 4.90 Å². The van der Waals surface area contributed by atoms with Crippen LogP contribution in [0.3, 0.4) is 0 Å². The van der Waals surface area contributed by atoms with E-state index in [0.29, 0.717) is 19.6 Å². The molecule has 1 spiro atoms. The minimum Gasteiger partial charge on any atom is -0.460 e. The van der Waals surface area contributed by atoms with Gasteiger partial charge in [-0.25, -0.2) is 4.79 Å². The Bertz CT molecular complexity index is 1120. The molecule has 4 rings (SSSR count). The molecule has 2 heterocycles. The number of hydrogen-bond acceptors (Lipinski definition) is 7.